The number of rotatable bonds is 3. The number of nitrogens with one attached hydrogen (secondary N) is 1. The third-order valence-corrected chi connectivity index (χ3v) is 3.78. The molecule has 0 aromatic carbocycles. The predicted octanol–water partition coefficient (Wildman–Crippen LogP) is 2.97. The van der Waals surface area contributed by atoms with E-state index in [1.165, 1.54) is 31.9 Å². The molecule has 0 aliphatic heterocycles. The molecule has 0 saturated heterocycles. The third-order valence-electron chi connectivity index (χ3n) is 3.78. The molecule has 1 aromatic rings. The zero-order valence-electron chi connectivity index (χ0n) is 11.1. The Hall–Kier alpha value is -1.63. The van der Waals surface area contributed by atoms with Crippen LogP contribution in [-0.4, -0.2) is 16.0 Å². The Labute approximate surface area is 108 Å². The molecule has 1 aliphatic rings. The summed E-state index contributed by atoms with van der Waals surface area (Å²) in [6.07, 6.45) is 8.29. The van der Waals surface area contributed by atoms with Crippen LogP contribution in [0.1, 0.15) is 45.2 Å². The molecule has 1 aliphatic carbocycles. The average Bonchev–Trinajstić information content (AvgIpc) is 2.40. The highest BCUT2D eigenvalue weighted by Gasteiger charge is 2.27. The van der Waals surface area contributed by atoms with Crippen LogP contribution >= 0.6 is 0 Å². The molecule has 1 N–H and O–H groups in total. The number of nitriles is 1. The van der Waals surface area contributed by atoms with E-state index in [1.807, 2.05) is 6.07 Å². The smallest absolute Gasteiger partial charge is 0.158 e. The fourth-order valence-electron chi connectivity index (χ4n) is 2.79. The van der Waals surface area contributed by atoms with Crippen molar-refractivity contribution in [3.63, 3.8) is 0 Å². The van der Waals surface area contributed by atoms with Gasteiger partial charge >= 0.3 is 0 Å². The van der Waals surface area contributed by atoms with Crippen molar-refractivity contribution in [1.82, 2.24) is 9.97 Å². The van der Waals surface area contributed by atoms with Crippen LogP contribution in [0.25, 0.3) is 0 Å². The average molecular weight is 244 g/mol. The van der Waals surface area contributed by atoms with Crippen molar-refractivity contribution >= 4 is 5.82 Å². The second kappa shape index (κ2) is 5.81. The summed E-state index contributed by atoms with van der Waals surface area (Å²) in [5, 5.41) is 12.2. The zero-order valence-corrected chi connectivity index (χ0v) is 11.1. The maximum atomic E-state index is 8.69. The Morgan fingerprint density at radius 2 is 2.06 bits per heavy atom. The summed E-state index contributed by atoms with van der Waals surface area (Å²) in [7, 11) is 0. The lowest BCUT2D eigenvalue weighted by Crippen LogP contribution is -2.35. The molecular formula is C14H20N4. The molecular weight excluding hydrogens is 224 g/mol. The van der Waals surface area contributed by atoms with Crippen LogP contribution in [0.4, 0.5) is 5.82 Å². The summed E-state index contributed by atoms with van der Waals surface area (Å²) in [4.78, 5) is 8.29. The van der Waals surface area contributed by atoms with E-state index in [-0.39, 0.29) is 0 Å². The van der Waals surface area contributed by atoms with Gasteiger partial charge in [0.15, 0.2) is 5.69 Å². The van der Waals surface area contributed by atoms with Crippen molar-refractivity contribution in [3.8, 4) is 6.07 Å². The minimum absolute atomic E-state index is 0.365. The summed E-state index contributed by atoms with van der Waals surface area (Å²) in [6.45, 7) is 4.57. The predicted molar refractivity (Wildman–Crippen MR) is 71.0 cm³/mol. The number of hydrogen-bond acceptors (Lipinski definition) is 4. The molecule has 4 nitrogen and oxygen atoms in total. The second-order valence-corrected chi connectivity index (χ2v) is 5.34. The number of anilines is 1. The summed E-state index contributed by atoms with van der Waals surface area (Å²) in [5.41, 5.74) is 0.365. The van der Waals surface area contributed by atoms with E-state index < -0.39 is 0 Å². The summed E-state index contributed by atoms with van der Waals surface area (Å²) >= 11 is 0. The van der Waals surface area contributed by atoms with Crippen molar-refractivity contribution in [2.45, 2.75) is 45.6 Å². The Kier molecular flexibility index (Phi) is 4.14. The van der Waals surface area contributed by atoms with E-state index in [1.54, 1.807) is 6.20 Å². The molecule has 2 rings (SSSR count). The van der Waals surface area contributed by atoms with Gasteiger partial charge in [-0.25, -0.2) is 9.97 Å². The van der Waals surface area contributed by atoms with Gasteiger partial charge in [-0.2, -0.15) is 5.26 Å². The van der Waals surface area contributed by atoms with Gasteiger partial charge in [-0.3, -0.25) is 0 Å². The zero-order chi connectivity index (χ0) is 13.0. The van der Waals surface area contributed by atoms with Crippen LogP contribution in [0.3, 0.4) is 0 Å². The van der Waals surface area contributed by atoms with Crippen LogP contribution in [-0.2, 0) is 0 Å². The van der Waals surface area contributed by atoms with E-state index in [4.69, 9.17) is 5.26 Å². The van der Waals surface area contributed by atoms with Crippen molar-refractivity contribution < 1.29 is 0 Å². The summed E-state index contributed by atoms with van der Waals surface area (Å²) < 4.78 is 0. The topological polar surface area (TPSA) is 61.6 Å². The van der Waals surface area contributed by atoms with Crippen LogP contribution in [0.15, 0.2) is 12.4 Å². The molecule has 1 fully saturated rings. The van der Waals surface area contributed by atoms with Crippen LogP contribution in [0.2, 0.25) is 0 Å². The third kappa shape index (κ3) is 2.98. The molecule has 0 radical (unpaired) electrons. The first-order chi connectivity index (χ1) is 8.70. The molecule has 0 bridgehead atoms. The monoisotopic (exact) mass is 244 g/mol. The lowest BCUT2D eigenvalue weighted by molar-refractivity contribution is 0.253. The molecule has 0 amide bonds. The van der Waals surface area contributed by atoms with E-state index in [9.17, 15) is 0 Å². The van der Waals surface area contributed by atoms with Gasteiger partial charge in [0.2, 0.25) is 0 Å². The van der Waals surface area contributed by atoms with Crippen molar-refractivity contribution in [2.75, 3.05) is 5.32 Å². The number of nitrogens with zero attached hydrogens (tertiary/aromatic N) is 3. The van der Waals surface area contributed by atoms with Gasteiger partial charge in [0.25, 0.3) is 0 Å². The lowest BCUT2D eigenvalue weighted by atomic mass is 9.78. The molecule has 96 valence electrons. The molecule has 2 unspecified atom stereocenters. The minimum Gasteiger partial charge on any atom is -0.366 e. The van der Waals surface area contributed by atoms with Crippen LogP contribution in [0, 0.1) is 23.2 Å². The first-order valence-electron chi connectivity index (χ1n) is 6.69. The van der Waals surface area contributed by atoms with Crippen molar-refractivity contribution in [3.05, 3.63) is 18.1 Å². The fourth-order valence-corrected chi connectivity index (χ4v) is 2.79. The molecule has 0 spiro atoms. The lowest BCUT2D eigenvalue weighted by Gasteiger charge is -2.35. The van der Waals surface area contributed by atoms with Gasteiger partial charge in [-0.1, -0.05) is 26.7 Å². The van der Waals surface area contributed by atoms with Gasteiger partial charge in [0.05, 0.1) is 12.4 Å². The standard InChI is InChI=1S/C14H20N4/c1-10(2)12-5-3-4-6-13(12)18-14-9-16-11(7-15)8-17-14/h8-10,12-13H,3-6H2,1-2H3,(H,17,18). The van der Waals surface area contributed by atoms with Gasteiger partial charge in [0.1, 0.15) is 11.9 Å². The van der Waals surface area contributed by atoms with Crippen LogP contribution in [0.5, 0.6) is 0 Å². The number of aromatic nitrogens is 2. The highest BCUT2D eigenvalue weighted by molar-refractivity contribution is 5.34. The molecule has 1 heterocycles. The van der Waals surface area contributed by atoms with E-state index >= 15 is 0 Å². The van der Waals surface area contributed by atoms with Gasteiger partial charge < -0.3 is 5.32 Å². The fraction of sp³-hybridized carbons (Fsp3) is 0.643. The molecule has 1 saturated carbocycles. The van der Waals surface area contributed by atoms with E-state index in [2.05, 4.69) is 29.1 Å². The Morgan fingerprint density at radius 1 is 1.28 bits per heavy atom. The Balaban J connectivity index is 2.04. The van der Waals surface area contributed by atoms with Crippen molar-refractivity contribution in [2.24, 2.45) is 11.8 Å². The molecule has 1 aromatic heterocycles. The largest absolute Gasteiger partial charge is 0.366 e. The van der Waals surface area contributed by atoms with Gasteiger partial charge in [0, 0.05) is 6.04 Å². The number of hydrogen-bond donors (Lipinski definition) is 1. The minimum atomic E-state index is 0.365. The second-order valence-electron chi connectivity index (χ2n) is 5.34. The maximum Gasteiger partial charge on any atom is 0.158 e. The van der Waals surface area contributed by atoms with Crippen LogP contribution < -0.4 is 5.32 Å². The van der Waals surface area contributed by atoms with E-state index in [0.29, 0.717) is 23.6 Å². The first-order valence-corrected chi connectivity index (χ1v) is 6.69. The maximum absolute atomic E-state index is 8.69. The Morgan fingerprint density at radius 3 is 2.67 bits per heavy atom. The highest BCUT2D eigenvalue weighted by atomic mass is 15.0. The van der Waals surface area contributed by atoms with Gasteiger partial charge in [-0.05, 0) is 24.7 Å². The Bertz CT molecular complexity index is 418. The quantitative estimate of drug-likeness (QED) is 0.888. The van der Waals surface area contributed by atoms with Gasteiger partial charge in [-0.15, -0.1) is 0 Å². The summed E-state index contributed by atoms with van der Waals surface area (Å²) in [5.74, 6) is 2.18. The normalized spacial score (nSPS) is 23.7. The SMILES string of the molecule is CC(C)C1CCCCC1Nc1cnc(C#N)cn1. The highest BCUT2D eigenvalue weighted by Crippen LogP contribution is 2.31. The molecule has 4 heteroatoms. The molecule has 2 atom stereocenters. The first kappa shape index (κ1) is 12.8. The summed E-state index contributed by atoms with van der Waals surface area (Å²) in [6, 6.07) is 2.47. The molecule has 18 heavy (non-hydrogen) atoms. The van der Waals surface area contributed by atoms with Crippen molar-refractivity contribution in [1.29, 1.82) is 5.26 Å². The van der Waals surface area contributed by atoms with E-state index in [0.717, 1.165) is 5.82 Å².